The van der Waals surface area contributed by atoms with Crippen LogP contribution >= 0.6 is 11.3 Å². The van der Waals surface area contributed by atoms with Crippen molar-refractivity contribution in [1.29, 1.82) is 0 Å². The maximum atomic E-state index is 9.79. The number of imidazole rings is 1. The summed E-state index contributed by atoms with van der Waals surface area (Å²) in [5.41, 5.74) is 3.26. The first kappa shape index (κ1) is 20.7. The number of benzene rings is 1. The Balaban J connectivity index is 1.46. The van der Waals surface area contributed by atoms with E-state index in [1.165, 1.54) is 0 Å². The van der Waals surface area contributed by atoms with Gasteiger partial charge in [0, 0.05) is 12.6 Å². The van der Waals surface area contributed by atoms with Gasteiger partial charge in [0.2, 0.25) is 5.95 Å². The summed E-state index contributed by atoms with van der Waals surface area (Å²) in [5.74, 6) is 2.88. The molecule has 1 fully saturated rings. The molecule has 4 heterocycles. The van der Waals surface area contributed by atoms with E-state index in [-0.39, 0.29) is 12.6 Å². The predicted molar refractivity (Wildman–Crippen MR) is 128 cm³/mol. The molecule has 1 aliphatic rings. The Morgan fingerprint density at radius 3 is 2.97 bits per heavy atom. The van der Waals surface area contributed by atoms with E-state index >= 15 is 0 Å². The summed E-state index contributed by atoms with van der Waals surface area (Å²) in [6, 6.07) is 6.26. The SMILES string of the molecule is COc1cc(-n2cnc(Nc3nc(N4CCC[C@@H]4CO)c4ccsc4n3)c2)cc(C)c1C. The predicted octanol–water partition coefficient (Wildman–Crippen LogP) is 4.21. The lowest BCUT2D eigenvalue weighted by atomic mass is 10.1. The van der Waals surface area contributed by atoms with Crippen LogP contribution in [0.2, 0.25) is 0 Å². The van der Waals surface area contributed by atoms with Gasteiger partial charge in [0.1, 0.15) is 22.7 Å². The molecular formula is C23H26N6O2S. The quantitative estimate of drug-likeness (QED) is 0.455. The molecule has 1 atom stereocenters. The van der Waals surface area contributed by atoms with Crippen LogP contribution in [0.15, 0.2) is 36.1 Å². The summed E-state index contributed by atoms with van der Waals surface area (Å²) < 4.78 is 7.46. The van der Waals surface area contributed by atoms with Crippen molar-refractivity contribution in [1.82, 2.24) is 19.5 Å². The zero-order valence-electron chi connectivity index (χ0n) is 18.4. The Labute approximate surface area is 190 Å². The number of aliphatic hydroxyl groups is 1. The van der Waals surface area contributed by atoms with E-state index in [1.807, 2.05) is 28.3 Å². The van der Waals surface area contributed by atoms with E-state index in [1.54, 1.807) is 24.8 Å². The van der Waals surface area contributed by atoms with Gasteiger partial charge in [-0.25, -0.2) is 9.97 Å². The monoisotopic (exact) mass is 450 g/mol. The third-order valence-corrected chi connectivity index (χ3v) is 6.92. The molecule has 32 heavy (non-hydrogen) atoms. The van der Waals surface area contributed by atoms with Crippen molar-refractivity contribution in [3.8, 4) is 11.4 Å². The Kier molecular flexibility index (Phi) is 5.44. The second kappa shape index (κ2) is 8.40. The first-order valence-electron chi connectivity index (χ1n) is 10.7. The second-order valence-electron chi connectivity index (χ2n) is 8.06. The molecule has 2 N–H and O–H groups in total. The highest BCUT2D eigenvalue weighted by Crippen LogP contribution is 2.34. The molecule has 8 nitrogen and oxygen atoms in total. The number of hydrogen-bond acceptors (Lipinski definition) is 8. The number of aliphatic hydroxyl groups excluding tert-OH is 1. The maximum absolute atomic E-state index is 9.79. The van der Waals surface area contributed by atoms with Crippen molar-refractivity contribution in [2.75, 3.05) is 30.5 Å². The Morgan fingerprint density at radius 1 is 1.28 bits per heavy atom. The van der Waals surface area contributed by atoms with Gasteiger partial charge in [-0.15, -0.1) is 11.3 Å². The highest BCUT2D eigenvalue weighted by Gasteiger charge is 2.27. The van der Waals surface area contributed by atoms with E-state index in [4.69, 9.17) is 9.72 Å². The standard InChI is InChI=1S/C23H26N6O2S/c1-14-9-17(10-19(31-3)15(14)2)28-11-20(24-13-28)25-23-26-21(18-6-8-32-22(18)27-23)29-7-4-5-16(29)12-30/h6,8-11,13,16,30H,4-5,7,12H2,1-3H3,(H,25,26,27)/t16-/m1/s1. The molecule has 5 rings (SSSR count). The normalized spacial score (nSPS) is 16.1. The van der Waals surface area contributed by atoms with Crippen LogP contribution in [0.25, 0.3) is 15.9 Å². The molecule has 9 heteroatoms. The molecule has 0 radical (unpaired) electrons. The van der Waals surface area contributed by atoms with Crippen molar-refractivity contribution in [3.63, 3.8) is 0 Å². The van der Waals surface area contributed by atoms with Crippen molar-refractivity contribution < 1.29 is 9.84 Å². The van der Waals surface area contributed by atoms with Crippen LogP contribution in [-0.4, -0.2) is 50.9 Å². The minimum absolute atomic E-state index is 0.0971. The average Bonchev–Trinajstić information content (AvgIpc) is 3.55. The fraction of sp³-hybridized carbons (Fsp3) is 0.348. The van der Waals surface area contributed by atoms with Gasteiger partial charge >= 0.3 is 0 Å². The summed E-state index contributed by atoms with van der Waals surface area (Å²) in [5, 5.41) is 16.1. The minimum Gasteiger partial charge on any atom is -0.496 e. The number of ether oxygens (including phenoxy) is 1. The van der Waals surface area contributed by atoms with Crippen LogP contribution in [0.5, 0.6) is 5.75 Å². The second-order valence-corrected chi connectivity index (χ2v) is 8.96. The Bertz CT molecular complexity index is 1270. The third-order valence-electron chi connectivity index (χ3n) is 6.11. The summed E-state index contributed by atoms with van der Waals surface area (Å²) in [6.45, 7) is 5.13. The zero-order chi connectivity index (χ0) is 22.2. The number of thiophene rings is 1. The van der Waals surface area contributed by atoms with Crippen molar-refractivity contribution >= 4 is 39.1 Å². The van der Waals surface area contributed by atoms with Crippen LogP contribution in [-0.2, 0) is 0 Å². The van der Waals surface area contributed by atoms with Crippen LogP contribution in [0, 0.1) is 13.8 Å². The molecule has 1 saturated heterocycles. The lowest BCUT2D eigenvalue weighted by Gasteiger charge is -2.25. The number of rotatable bonds is 6. The zero-order valence-corrected chi connectivity index (χ0v) is 19.2. The smallest absolute Gasteiger partial charge is 0.231 e. The van der Waals surface area contributed by atoms with Gasteiger partial charge in [-0.3, -0.25) is 0 Å². The molecule has 3 aromatic heterocycles. The molecule has 0 unspecified atom stereocenters. The molecule has 0 amide bonds. The van der Waals surface area contributed by atoms with Crippen LogP contribution in [0.4, 0.5) is 17.6 Å². The molecule has 0 aliphatic carbocycles. The van der Waals surface area contributed by atoms with Gasteiger partial charge < -0.3 is 24.6 Å². The minimum atomic E-state index is 0.0971. The summed E-state index contributed by atoms with van der Waals surface area (Å²) in [4.78, 5) is 17.1. The van der Waals surface area contributed by atoms with Gasteiger partial charge in [0.15, 0.2) is 5.82 Å². The number of aryl methyl sites for hydroxylation is 1. The van der Waals surface area contributed by atoms with E-state index < -0.39 is 0 Å². The lowest BCUT2D eigenvalue weighted by molar-refractivity contribution is 0.266. The number of hydrogen-bond donors (Lipinski definition) is 2. The molecule has 1 aromatic carbocycles. The summed E-state index contributed by atoms with van der Waals surface area (Å²) in [6.07, 6.45) is 5.70. The molecule has 0 saturated carbocycles. The average molecular weight is 451 g/mol. The lowest BCUT2D eigenvalue weighted by Crippen LogP contribution is -2.33. The van der Waals surface area contributed by atoms with Crippen LogP contribution in [0.1, 0.15) is 24.0 Å². The first-order chi connectivity index (χ1) is 15.6. The number of nitrogens with one attached hydrogen (secondary N) is 1. The fourth-order valence-corrected chi connectivity index (χ4v) is 4.99. The Morgan fingerprint density at radius 2 is 2.16 bits per heavy atom. The van der Waals surface area contributed by atoms with Gasteiger partial charge in [0.05, 0.1) is 37.0 Å². The number of fused-ring (bicyclic) bond motifs is 1. The van der Waals surface area contributed by atoms with E-state index in [0.29, 0.717) is 11.8 Å². The van der Waals surface area contributed by atoms with E-state index in [9.17, 15) is 5.11 Å². The molecular weight excluding hydrogens is 424 g/mol. The van der Waals surface area contributed by atoms with E-state index in [0.717, 1.165) is 58.0 Å². The fourth-order valence-electron chi connectivity index (χ4n) is 4.23. The topological polar surface area (TPSA) is 88.3 Å². The number of aromatic nitrogens is 4. The molecule has 166 valence electrons. The highest BCUT2D eigenvalue weighted by molar-refractivity contribution is 7.16. The summed E-state index contributed by atoms with van der Waals surface area (Å²) in [7, 11) is 1.68. The van der Waals surface area contributed by atoms with Gasteiger partial charge in [-0.2, -0.15) is 4.98 Å². The van der Waals surface area contributed by atoms with Gasteiger partial charge in [0.25, 0.3) is 0 Å². The number of nitrogens with zero attached hydrogens (tertiary/aromatic N) is 5. The highest BCUT2D eigenvalue weighted by atomic mass is 32.1. The number of anilines is 3. The van der Waals surface area contributed by atoms with Crippen molar-refractivity contribution in [2.45, 2.75) is 32.7 Å². The van der Waals surface area contributed by atoms with Crippen LogP contribution in [0.3, 0.4) is 0 Å². The van der Waals surface area contributed by atoms with Crippen molar-refractivity contribution in [3.05, 3.63) is 47.2 Å². The molecule has 1 aliphatic heterocycles. The largest absolute Gasteiger partial charge is 0.496 e. The van der Waals surface area contributed by atoms with Crippen LogP contribution < -0.4 is 15.0 Å². The van der Waals surface area contributed by atoms with Crippen molar-refractivity contribution in [2.24, 2.45) is 0 Å². The third kappa shape index (κ3) is 3.67. The van der Waals surface area contributed by atoms with Gasteiger partial charge in [-0.05, 0) is 55.3 Å². The number of methoxy groups -OCH3 is 1. The first-order valence-corrected chi connectivity index (χ1v) is 11.5. The van der Waals surface area contributed by atoms with E-state index in [2.05, 4.69) is 40.1 Å². The van der Waals surface area contributed by atoms with Gasteiger partial charge in [-0.1, -0.05) is 0 Å². The Hall–Kier alpha value is -3.17. The molecule has 4 aromatic rings. The molecule has 0 spiro atoms. The molecule has 0 bridgehead atoms. The maximum Gasteiger partial charge on any atom is 0.231 e. The summed E-state index contributed by atoms with van der Waals surface area (Å²) >= 11 is 1.58.